The molecular formula is C26H30O3. The van der Waals surface area contributed by atoms with Crippen molar-refractivity contribution in [1.82, 2.24) is 0 Å². The molecule has 1 unspecified atom stereocenters. The summed E-state index contributed by atoms with van der Waals surface area (Å²) >= 11 is 0. The molecular weight excluding hydrogens is 360 g/mol. The Kier molecular flexibility index (Phi) is 4.45. The molecule has 3 nitrogen and oxygen atoms in total. The van der Waals surface area contributed by atoms with Crippen LogP contribution in [0, 0.1) is 23.2 Å². The molecule has 3 fully saturated rings. The highest BCUT2D eigenvalue weighted by Crippen LogP contribution is 2.84. The third-order valence-corrected chi connectivity index (χ3v) is 8.25. The molecule has 0 heterocycles. The second-order valence-electron chi connectivity index (χ2n) is 9.39. The minimum Gasteiger partial charge on any atom is -0.508 e. The van der Waals surface area contributed by atoms with Crippen molar-refractivity contribution in [3.05, 3.63) is 65.7 Å². The summed E-state index contributed by atoms with van der Waals surface area (Å²) < 4.78 is 5.36. The summed E-state index contributed by atoms with van der Waals surface area (Å²) in [5.41, 5.74) is 3.06. The van der Waals surface area contributed by atoms with Crippen LogP contribution in [0.2, 0.25) is 0 Å². The van der Waals surface area contributed by atoms with E-state index in [2.05, 4.69) is 36.4 Å². The minimum absolute atomic E-state index is 0.0272. The third-order valence-electron chi connectivity index (χ3n) is 8.25. The second-order valence-corrected chi connectivity index (χ2v) is 9.39. The molecule has 0 aromatic heterocycles. The Labute approximate surface area is 173 Å². The van der Waals surface area contributed by atoms with E-state index in [1.165, 1.54) is 24.0 Å². The number of hydrogen-bond acceptors (Lipinski definition) is 3. The zero-order valence-electron chi connectivity index (χ0n) is 17.1. The van der Waals surface area contributed by atoms with Gasteiger partial charge in [0.1, 0.15) is 5.75 Å². The van der Waals surface area contributed by atoms with Crippen LogP contribution >= 0.6 is 0 Å². The molecule has 2 aromatic rings. The van der Waals surface area contributed by atoms with Crippen LogP contribution in [0.15, 0.2) is 54.6 Å². The van der Waals surface area contributed by atoms with Crippen molar-refractivity contribution in [3.63, 3.8) is 0 Å². The van der Waals surface area contributed by atoms with Crippen LogP contribution in [-0.2, 0) is 21.4 Å². The first-order chi connectivity index (χ1) is 14.1. The zero-order chi connectivity index (χ0) is 20.1. The number of carbonyl (C=O) groups excluding carboxylic acids is 1. The predicted molar refractivity (Wildman–Crippen MR) is 113 cm³/mol. The van der Waals surface area contributed by atoms with Gasteiger partial charge < -0.3 is 9.84 Å². The molecule has 2 aromatic carbocycles. The number of phenolic OH excluding ortho intramolecular Hbond substituents is 1. The fraction of sp³-hybridized carbons (Fsp3) is 0.500. The Morgan fingerprint density at radius 3 is 2.69 bits per heavy atom. The van der Waals surface area contributed by atoms with Gasteiger partial charge in [-0.2, -0.15) is 0 Å². The number of rotatable bonds is 7. The van der Waals surface area contributed by atoms with Crippen molar-refractivity contribution in [1.29, 1.82) is 0 Å². The van der Waals surface area contributed by atoms with Gasteiger partial charge in [-0.3, -0.25) is 4.79 Å². The van der Waals surface area contributed by atoms with E-state index in [-0.39, 0.29) is 11.4 Å². The van der Waals surface area contributed by atoms with Gasteiger partial charge in [0.25, 0.3) is 0 Å². The number of fused-ring (bicyclic) bond motifs is 1. The van der Waals surface area contributed by atoms with Crippen molar-refractivity contribution in [2.75, 3.05) is 6.61 Å². The lowest BCUT2D eigenvalue weighted by molar-refractivity contribution is -0.145. The average molecular weight is 391 g/mol. The van der Waals surface area contributed by atoms with Crippen LogP contribution in [-0.4, -0.2) is 17.7 Å². The van der Waals surface area contributed by atoms with Crippen molar-refractivity contribution < 1.29 is 14.6 Å². The van der Waals surface area contributed by atoms with E-state index in [1.807, 2.05) is 19.1 Å². The molecule has 5 atom stereocenters. The molecule has 3 saturated carbocycles. The Morgan fingerprint density at radius 1 is 1.10 bits per heavy atom. The Morgan fingerprint density at radius 2 is 1.93 bits per heavy atom. The van der Waals surface area contributed by atoms with Crippen LogP contribution in [0.3, 0.4) is 0 Å². The number of benzene rings is 2. The normalized spacial score (nSPS) is 34.0. The van der Waals surface area contributed by atoms with Crippen LogP contribution in [0.1, 0.15) is 50.2 Å². The lowest BCUT2D eigenvalue weighted by Crippen LogP contribution is -2.35. The van der Waals surface area contributed by atoms with E-state index >= 15 is 0 Å². The molecule has 0 amide bonds. The highest BCUT2D eigenvalue weighted by molar-refractivity contribution is 5.70. The molecule has 5 rings (SSSR count). The first kappa shape index (κ1) is 18.7. The minimum atomic E-state index is -0.0616. The summed E-state index contributed by atoms with van der Waals surface area (Å²) in [6.07, 6.45) is 6.39. The quantitative estimate of drug-likeness (QED) is 0.656. The molecule has 3 heteroatoms. The van der Waals surface area contributed by atoms with Crippen LogP contribution < -0.4 is 0 Å². The van der Waals surface area contributed by atoms with Gasteiger partial charge in [-0.05, 0) is 90.9 Å². The highest BCUT2D eigenvalue weighted by Gasteiger charge is 2.79. The van der Waals surface area contributed by atoms with Gasteiger partial charge in [0.15, 0.2) is 0 Å². The molecule has 0 saturated heterocycles. The number of phenols is 1. The summed E-state index contributed by atoms with van der Waals surface area (Å²) in [6.45, 7) is 2.32. The largest absolute Gasteiger partial charge is 0.508 e. The molecule has 152 valence electrons. The average Bonchev–Trinajstić information content (AvgIpc) is 3.02. The number of ether oxygens (including phenoxy) is 1. The molecule has 0 aliphatic heterocycles. The number of esters is 1. The van der Waals surface area contributed by atoms with E-state index in [4.69, 9.17) is 4.74 Å². The van der Waals surface area contributed by atoms with Crippen LogP contribution in [0.4, 0.5) is 0 Å². The van der Waals surface area contributed by atoms with E-state index in [9.17, 15) is 9.90 Å². The van der Waals surface area contributed by atoms with Crippen molar-refractivity contribution in [2.24, 2.45) is 23.2 Å². The summed E-state index contributed by atoms with van der Waals surface area (Å²) in [5, 5.41) is 10.1. The van der Waals surface area contributed by atoms with E-state index < -0.39 is 0 Å². The number of hydrogen-bond donors (Lipinski definition) is 1. The van der Waals surface area contributed by atoms with Gasteiger partial charge >= 0.3 is 5.97 Å². The van der Waals surface area contributed by atoms with Gasteiger partial charge in [0, 0.05) is 6.42 Å². The number of aromatic hydroxyl groups is 1. The fourth-order valence-corrected chi connectivity index (χ4v) is 7.21. The maximum atomic E-state index is 12.5. The first-order valence-electron chi connectivity index (χ1n) is 11.1. The molecule has 3 aliphatic rings. The van der Waals surface area contributed by atoms with E-state index in [1.54, 1.807) is 6.07 Å². The fourth-order valence-electron chi connectivity index (χ4n) is 7.21. The SMILES string of the molecule is CCOC(=O)C[C@H]1[C@H]2C(CCc3ccccc3)[C@]23CC[C@@]1(c1cccc(O)c1)C3. The van der Waals surface area contributed by atoms with Crippen LogP contribution in [0.25, 0.3) is 0 Å². The lowest BCUT2D eigenvalue weighted by atomic mass is 9.67. The molecule has 0 radical (unpaired) electrons. The third kappa shape index (κ3) is 2.89. The molecule has 1 spiro atoms. The number of aryl methyl sites for hydroxylation is 1. The molecule has 2 bridgehead atoms. The topological polar surface area (TPSA) is 46.5 Å². The van der Waals surface area contributed by atoms with Gasteiger partial charge in [-0.1, -0.05) is 42.5 Å². The summed E-state index contributed by atoms with van der Waals surface area (Å²) in [5.74, 6) is 1.93. The van der Waals surface area contributed by atoms with Gasteiger partial charge in [-0.15, -0.1) is 0 Å². The molecule has 3 aliphatic carbocycles. The van der Waals surface area contributed by atoms with E-state index in [0.29, 0.717) is 36.0 Å². The molecule has 29 heavy (non-hydrogen) atoms. The molecule has 1 N–H and O–H groups in total. The van der Waals surface area contributed by atoms with Gasteiger partial charge in [0.2, 0.25) is 0 Å². The summed E-state index contributed by atoms with van der Waals surface area (Å²) in [4.78, 5) is 12.5. The second kappa shape index (κ2) is 6.90. The first-order valence-corrected chi connectivity index (χ1v) is 11.1. The Hall–Kier alpha value is -2.29. The van der Waals surface area contributed by atoms with Crippen molar-refractivity contribution >= 4 is 5.97 Å². The van der Waals surface area contributed by atoms with E-state index in [0.717, 1.165) is 25.2 Å². The maximum Gasteiger partial charge on any atom is 0.306 e. The Bertz CT molecular complexity index is 907. The predicted octanol–water partition coefficient (Wildman–Crippen LogP) is 5.26. The zero-order valence-corrected chi connectivity index (χ0v) is 17.1. The summed E-state index contributed by atoms with van der Waals surface area (Å²) in [7, 11) is 0. The van der Waals surface area contributed by atoms with Crippen molar-refractivity contribution in [3.8, 4) is 5.75 Å². The smallest absolute Gasteiger partial charge is 0.306 e. The lowest BCUT2D eigenvalue weighted by Gasteiger charge is -2.37. The van der Waals surface area contributed by atoms with Crippen LogP contribution in [0.5, 0.6) is 5.75 Å². The highest BCUT2D eigenvalue weighted by atomic mass is 16.5. The van der Waals surface area contributed by atoms with Crippen molar-refractivity contribution in [2.45, 2.75) is 50.9 Å². The summed E-state index contributed by atoms with van der Waals surface area (Å²) in [6, 6.07) is 18.5. The standard InChI is InChI=1S/C26H30O3/c1-2-29-23(28)16-22-24-21(12-11-18-7-4-3-5-8-18)26(24)14-13-25(22,17-26)19-9-6-10-20(27)15-19/h3-10,15,21-22,24,27H,2,11-14,16-17H2,1H3/t21?,22-,24+,25-,26+/m0/s1. The van der Waals surface area contributed by atoms with Gasteiger partial charge in [-0.25, -0.2) is 0 Å². The maximum absolute atomic E-state index is 12.5. The monoisotopic (exact) mass is 390 g/mol. The van der Waals surface area contributed by atoms with Gasteiger partial charge in [0.05, 0.1) is 6.61 Å². The number of carbonyl (C=O) groups is 1. The Balaban J connectivity index is 1.41.